The smallest absolute Gasteiger partial charge is 0.177 e. The van der Waals surface area contributed by atoms with Crippen molar-refractivity contribution in [1.29, 1.82) is 0 Å². The van der Waals surface area contributed by atoms with Gasteiger partial charge in [0.05, 0.1) is 7.11 Å². The first kappa shape index (κ1) is 17.0. The average Bonchev–Trinajstić information content (AvgIpc) is 2.29. The maximum Gasteiger partial charge on any atom is 0.177 e. The molecule has 0 heterocycles. The number of phenolic OH excluding ortho intramolecular Hbond substituents is 1. The number of rotatable bonds is 7. The van der Waals surface area contributed by atoms with E-state index in [1.54, 1.807) is 13.2 Å². The summed E-state index contributed by atoms with van der Waals surface area (Å²) >= 11 is 0. The Kier molecular flexibility index (Phi) is 5.62. The van der Waals surface area contributed by atoms with Crippen molar-refractivity contribution in [2.45, 2.75) is 38.3 Å². The van der Waals surface area contributed by atoms with E-state index in [0.29, 0.717) is 5.75 Å². The predicted octanol–water partition coefficient (Wildman–Crippen LogP) is 4.10. The van der Waals surface area contributed by atoms with Gasteiger partial charge >= 0.3 is 0 Å². The highest BCUT2D eigenvalue weighted by Crippen LogP contribution is 2.29. The molecule has 0 radical (unpaired) electrons. The van der Waals surface area contributed by atoms with Crippen LogP contribution in [0.3, 0.4) is 0 Å². The van der Waals surface area contributed by atoms with E-state index in [1.165, 1.54) is 0 Å². The van der Waals surface area contributed by atoms with Gasteiger partial charge in [-0.15, -0.1) is 6.58 Å². The molecular formula is C15H26O3Si2. The Morgan fingerprint density at radius 3 is 2.40 bits per heavy atom. The van der Waals surface area contributed by atoms with E-state index in [0.717, 1.165) is 17.7 Å². The molecule has 3 nitrogen and oxygen atoms in total. The van der Waals surface area contributed by atoms with Gasteiger partial charge in [-0.1, -0.05) is 12.1 Å². The second-order valence-electron chi connectivity index (χ2n) is 6.30. The van der Waals surface area contributed by atoms with Crippen LogP contribution in [0.1, 0.15) is 5.56 Å². The summed E-state index contributed by atoms with van der Waals surface area (Å²) in [4.78, 5) is 0. The zero-order chi connectivity index (χ0) is 15.4. The highest BCUT2D eigenvalue weighted by atomic mass is 28.4. The Labute approximate surface area is 124 Å². The fourth-order valence-corrected chi connectivity index (χ4v) is 11.0. The molecule has 0 amide bonds. The molecule has 0 unspecified atom stereocenters. The number of allylic oxidation sites excluding steroid dienone is 1. The van der Waals surface area contributed by atoms with Gasteiger partial charge in [0.1, 0.15) is 0 Å². The van der Waals surface area contributed by atoms with Crippen LogP contribution in [0.4, 0.5) is 0 Å². The van der Waals surface area contributed by atoms with Crippen molar-refractivity contribution in [3.05, 3.63) is 36.4 Å². The summed E-state index contributed by atoms with van der Waals surface area (Å²) in [6, 6.07) is 7.41. The lowest BCUT2D eigenvalue weighted by Crippen LogP contribution is -2.45. The van der Waals surface area contributed by atoms with Crippen LogP contribution in [-0.2, 0) is 10.2 Å². The molecule has 1 aromatic rings. The minimum absolute atomic E-state index is 0.179. The monoisotopic (exact) mass is 310 g/mol. The maximum atomic E-state index is 9.64. The summed E-state index contributed by atoms with van der Waals surface area (Å²) in [7, 11) is -1.89. The Bertz CT molecular complexity index is 470. The van der Waals surface area contributed by atoms with E-state index >= 15 is 0 Å². The second kappa shape index (κ2) is 6.60. The minimum atomic E-state index is -1.79. The SMILES string of the molecule is C=CC[Si](C)(C)O[Si](C)(C)Cc1ccc(O)c(OC)c1. The molecule has 0 aliphatic rings. The van der Waals surface area contributed by atoms with Crippen LogP contribution in [0.5, 0.6) is 11.5 Å². The first-order valence-electron chi connectivity index (χ1n) is 6.86. The number of ether oxygens (including phenoxy) is 1. The molecule has 0 saturated heterocycles. The topological polar surface area (TPSA) is 38.7 Å². The maximum absolute atomic E-state index is 9.64. The average molecular weight is 311 g/mol. The zero-order valence-electron chi connectivity index (χ0n) is 13.2. The van der Waals surface area contributed by atoms with Crippen molar-refractivity contribution < 1.29 is 14.0 Å². The van der Waals surface area contributed by atoms with Gasteiger partial charge < -0.3 is 14.0 Å². The fourth-order valence-electron chi connectivity index (χ4n) is 2.50. The number of hydrogen-bond acceptors (Lipinski definition) is 3. The second-order valence-corrected chi connectivity index (χ2v) is 14.9. The molecule has 0 atom stereocenters. The van der Waals surface area contributed by atoms with Crippen molar-refractivity contribution >= 4 is 16.6 Å². The Morgan fingerprint density at radius 2 is 1.85 bits per heavy atom. The van der Waals surface area contributed by atoms with Crippen molar-refractivity contribution in [2.75, 3.05) is 7.11 Å². The van der Waals surface area contributed by atoms with E-state index in [1.807, 2.05) is 18.2 Å². The number of methoxy groups -OCH3 is 1. The third-order valence-corrected chi connectivity index (χ3v) is 10.0. The van der Waals surface area contributed by atoms with Crippen LogP contribution >= 0.6 is 0 Å². The zero-order valence-corrected chi connectivity index (χ0v) is 15.2. The summed E-state index contributed by atoms with van der Waals surface area (Å²) in [6.07, 6.45) is 1.96. The van der Waals surface area contributed by atoms with Crippen LogP contribution in [0.2, 0.25) is 32.2 Å². The minimum Gasteiger partial charge on any atom is -0.504 e. The van der Waals surface area contributed by atoms with Gasteiger partial charge in [0.15, 0.2) is 28.1 Å². The van der Waals surface area contributed by atoms with Crippen molar-refractivity contribution in [2.24, 2.45) is 0 Å². The molecule has 0 fully saturated rings. The molecule has 0 aliphatic carbocycles. The Balaban J connectivity index is 2.82. The Hall–Kier alpha value is -1.05. The molecule has 1 N–H and O–H groups in total. The number of hydrogen-bond donors (Lipinski definition) is 1. The van der Waals surface area contributed by atoms with E-state index in [-0.39, 0.29) is 5.75 Å². The summed E-state index contributed by atoms with van der Waals surface area (Å²) in [5, 5.41) is 9.64. The standard InChI is InChI=1S/C15H26O3Si2/c1-7-10-19(3,4)18-20(5,6)12-13-8-9-14(16)15(11-13)17-2/h7-9,11,16H,1,10,12H2,2-6H3. The third-order valence-electron chi connectivity index (χ3n) is 3.06. The normalized spacial score (nSPS) is 12.2. The molecule has 1 rings (SSSR count). The first-order valence-corrected chi connectivity index (χ1v) is 13.1. The first-order chi connectivity index (χ1) is 9.19. The summed E-state index contributed by atoms with van der Waals surface area (Å²) in [5.41, 5.74) is 1.15. The van der Waals surface area contributed by atoms with Crippen molar-refractivity contribution in [1.82, 2.24) is 0 Å². The van der Waals surface area contributed by atoms with Gasteiger partial charge in [0.2, 0.25) is 0 Å². The molecule has 5 heteroatoms. The van der Waals surface area contributed by atoms with Gasteiger partial charge in [-0.25, -0.2) is 0 Å². The van der Waals surface area contributed by atoms with Gasteiger partial charge in [-0.3, -0.25) is 0 Å². The summed E-state index contributed by atoms with van der Waals surface area (Å²) in [5.74, 6) is 0.702. The molecule has 0 bridgehead atoms. The van der Waals surface area contributed by atoms with Crippen LogP contribution in [0.15, 0.2) is 30.9 Å². The van der Waals surface area contributed by atoms with Crippen LogP contribution in [0, 0.1) is 0 Å². The van der Waals surface area contributed by atoms with Crippen molar-refractivity contribution in [3.8, 4) is 11.5 Å². The van der Waals surface area contributed by atoms with Gasteiger partial charge in [0, 0.05) is 0 Å². The van der Waals surface area contributed by atoms with Gasteiger partial charge in [-0.2, -0.15) is 0 Å². The van der Waals surface area contributed by atoms with Gasteiger partial charge in [0.25, 0.3) is 0 Å². The van der Waals surface area contributed by atoms with E-state index in [4.69, 9.17) is 8.85 Å². The number of aromatic hydroxyl groups is 1. The van der Waals surface area contributed by atoms with Gasteiger partial charge in [-0.05, 0) is 56.0 Å². The highest BCUT2D eigenvalue weighted by molar-refractivity contribution is 6.84. The van der Waals surface area contributed by atoms with Crippen LogP contribution in [-0.4, -0.2) is 28.9 Å². The lowest BCUT2D eigenvalue weighted by atomic mass is 10.2. The molecular weight excluding hydrogens is 284 g/mol. The Morgan fingerprint density at radius 1 is 1.20 bits per heavy atom. The van der Waals surface area contributed by atoms with Crippen LogP contribution in [0.25, 0.3) is 0 Å². The van der Waals surface area contributed by atoms with E-state index < -0.39 is 16.6 Å². The van der Waals surface area contributed by atoms with Crippen molar-refractivity contribution in [3.63, 3.8) is 0 Å². The molecule has 1 aromatic carbocycles. The third kappa shape index (κ3) is 5.15. The fraction of sp³-hybridized carbons (Fsp3) is 0.467. The van der Waals surface area contributed by atoms with E-state index in [9.17, 15) is 5.11 Å². The molecule has 0 aliphatic heterocycles. The molecule has 0 aromatic heterocycles. The number of benzene rings is 1. The number of phenols is 1. The summed E-state index contributed by atoms with van der Waals surface area (Å²) < 4.78 is 11.6. The largest absolute Gasteiger partial charge is 0.504 e. The molecule has 20 heavy (non-hydrogen) atoms. The van der Waals surface area contributed by atoms with Crippen LogP contribution < -0.4 is 4.74 Å². The molecule has 112 valence electrons. The lowest BCUT2D eigenvalue weighted by Gasteiger charge is -2.33. The lowest BCUT2D eigenvalue weighted by molar-refractivity contribution is 0.373. The summed E-state index contributed by atoms with van der Waals surface area (Å²) in [6.45, 7) is 12.8. The predicted molar refractivity (Wildman–Crippen MR) is 89.4 cm³/mol. The molecule has 0 saturated carbocycles. The molecule has 0 spiro atoms. The van der Waals surface area contributed by atoms with E-state index in [2.05, 4.69) is 32.8 Å². The quantitative estimate of drug-likeness (QED) is 0.609. The highest BCUT2D eigenvalue weighted by Gasteiger charge is 2.32.